The molecule has 160 valence electrons. The molecule has 2 aromatic rings. The summed E-state index contributed by atoms with van der Waals surface area (Å²) in [5.74, 6) is -3.19. The number of carboxylic acid groups (broad SMARTS) is 1. The molecule has 0 saturated heterocycles. The molecule has 3 rings (SSSR count). The number of carbonyl (C=O) groups is 3. The number of benzene rings is 1. The van der Waals surface area contributed by atoms with Crippen LogP contribution in [0.15, 0.2) is 24.3 Å². The highest BCUT2D eigenvalue weighted by molar-refractivity contribution is 7.17. The first-order chi connectivity index (χ1) is 14.3. The molecule has 1 fully saturated rings. The summed E-state index contributed by atoms with van der Waals surface area (Å²) in [5, 5.41) is 13.2. The second-order valence-electron chi connectivity index (χ2n) is 7.29. The van der Waals surface area contributed by atoms with Gasteiger partial charge in [-0.15, -0.1) is 11.3 Å². The van der Waals surface area contributed by atoms with Gasteiger partial charge in [0.15, 0.2) is 0 Å². The SMILES string of the molecule is CCOC(=O)c1c(NC(=O)[C@@H]2CCCC[C@@H]2C(=O)O)sc(C)c1-c1cccc(Cl)c1. The zero-order valence-electron chi connectivity index (χ0n) is 16.9. The third-order valence-electron chi connectivity index (χ3n) is 5.33. The van der Waals surface area contributed by atoms with Crippen LogP contribution in [0.25, 0.3) is 11.1 Å². The maximum Gasteiger partial charge on any atom is 0.341 e. The topological polar surface area (TPSA) is 92.7 Å². The predicted molar refractivity (Wildman–Crippen MR) is 117 cm³/mol. The Hall–Kier alpha value is -2.38. The van der Waals surface area contributed by atoms with E-state index in [0.717, 1.165) is 23.3 Å². The highest BCUT2D eigenvalue weighted by Gasteiger charge is 2.37. The summed E-state index contributed by atoms with van der Waals surface area (Å²) in [5.41, 5.74) is 1.69. The quantitative estimate of drug-likeness (QED) is 0.577. The van der Waals surface area contributed by atoms with Gasteiger partial charge in [0.05, 0.1) is 18.4 Å². The molecular formula is C22H24ClNO5S. The average molecular weight is 450 g/mol. The molecule has 1 aromatic carbocycles. The molecule has 8 heteroatoms. The fourth-order valence-corrected chi connectivity index (χ4v) is 5.22. The standard InChI is InChI=1S/C22H24ClNO5S/c1-3-29-22(28)18-17(13-7-6-8-14(23)11-13)12(2)30-20(18)24-19(25)15-9-4-5-10-16(15)21(26)27/h6-8,11,15-16H,3-5,9-10H2,1-2H3,(H,24,25)(H,26,27)/t15-,16+/m1/s1. The summed E-state index contributed by atoms with van der Waals surface area (Å²) < 4.78 is 5.25. The van der Waals surface area contributed by atoms with Crippen LogP contribution in [-0.4, -0.2) is 29.6 Å². The minimum Gasteiger partial charge on any atom is -0.481 e. The van der Waals surface area contributed by atoms with Crippen molar-refractivity contribution in [3.8, 4) is 11.1 Å². The van der Waals surface area contributed by atoms with Gasteiger partial charge in [-0.2, -0.15) is 0 Å². The summed E-state index contributed by atoms with van der Waals surface area (Å²) in [6.45, 7) is 3.77. The number of thiophene rings is 1. The van der Waals surface area contributed by atoms with Gasteiger partial charge in [-0.3, -0.25) is 9.59 Å². The summed E-state index contributed by atoms with van der Waals surface area (Å²) in [6, 6.07) is 7.14. The fraction of sp³-hybridized carbons (Fsp3) is 0.409. The van der Waals surface area contributed by atoms with E-state index in [1.54, 1.807) is 25.1 Å². The van der Waals surface area contributed by atoms with E-state index < -0.39 is 23.8 Å². The number of anilines is 1. The third kappa shape index (κ3) is 4.68. The molecule has 6 nitrogen and oxygen atoms in total. The van der Waals surface area contributed by atoms with E-state index in [-0.39, 0.29) is 18.1 Å². The molecule has 1 amide bonds. The molecule has 0 unspecified atom stereocenters. The molecule has 2 N–H and O–H groups in total. The zero-order chi connectivity index (χ0) is 21.8. The normalized spacial score (nSPS) is 18.6. The van der Waals surface area contributed by atoms with Gasteiger partial charge in [-0.05, 0) is 44.4 Å². The highest BCUT2D eigenvalue weighted by Crippen LogP contribution is 2.42. The number of hydrogen-bond donors (Lipinski definition) is 2. The van der Waals surface area contributed by atoms with Gasteiger partial charge in [-0.1, -0.05) is 36.6 Å². The van der Waals surface area contributed by atoms with Crippen molar-refractivity contribution in [2.24, 2.45) is 11.8 Å². The van der Waals surface area contributed by atoms with Crippen LogP contribution in [0, 0.1) is 18.8 Å². The molecule has 0 aliphatic heterocycles. The van der Waals surface area contributed by atoms with Crippen molar-refractivity contribution in [3.63, 3.8) is 0 Å². The zero-order valence-corrected chi connectivity index (χ0v) is 18.4. The number of nitrogens with one attached hydrogen (secondary N) is 1. The van der Waals surface area contributed by atoms with E-state index in [1.165, 1.54) is 11.3 Å². The summed E-state index contributed by atoms with van der Waals surface area (Å²) in [4.78, 5) is 38.2. The number of aryl methyl sites for hydroxylation is 1. The molecule has 1 aliphatic carbocycles. The molecule has 0 radical (unpaired) electrons. The molecule has 1 saturated carbocycles. The van der Waals surface area contributed by atoms with E-state index >= 15 is 0 Å². The van der Waals surface area contributed by atoms with Crippen molar-refractivity contribution in [3.05, 3.63) is 39.7 Å². The number of carbonyl (C=O) groups excluding carboxylic acids is 2. The Morgan fingerprint density at radius 1 is 1.23 bits per heavy atom. The van der Waals surface area contributed by atoms with Crippen molar-refractivity contribution in [2.45, 2.75) is 39.5 Å². The highest BCUT2D eigenvalue weighted by atomic mass is 35.5. The second-order valence-corrected chi connectivity index (χ2v) is 8.95. The lowest BCUT2D eigenvalue weighted by atomic mass is 9.78. The van der Waals surface area contributed by atoms with Crippen LogP contribution in [0.2, 0.25) is 5.02 Å². The first kappa shape index (κ1) is 22.3. The Morgan fingerprint density at radius 2 is 1.93 bits per heavy atom. The van der Waals surface area contributed by atoms with Gasteiger partial charge < -0.3 is 15.2 Å². The number of rotatable bonds is 6. The molecular weight excluding hydrogens is 426 g/mol. The molecule has 30 heavy (non-hydrogen) atoms. The number of ether oxygens (including phenoxy) is 1. The first-order valence-electron chi connectivity index (χ1n) is 9.93. The monoisotopic (exact) mass is 449 g/mol. The Bertz CT molecular complexity index is 970. The minimum absolute atomic E-state index is 0.194. The summed E-state index contributed by atoms with van der Waals surface area (Å²) in [6.07, 6.45) is 2.61. The molecule has 1 heterocycles. The van der Waals surface area contributed by atoms with Gasteiger partial charge >= 0.3 is 11.9 Å². The Labute approximate surface area is 184 Å². The smallest absolute Gasteiger partial charge is 0.341 e. The number of aliphatic carboxylic acids is 1. The number of esters is 1. The fourth-order valence-electron chi connectivity index (χ4n) is 3.97. The summed E-state index contributed by atoms with van der Waals surface area (Å²) >= 11 is 7.41. The molecule has 1 aromatic heterocycles. The van der Waals surface area contributed by atoms with E-state index in [9.17, 15) is 19.5 Å². The second kappa shape index (κ2) is 9.62. The molecule has 2 atom stereocenters. The Morgan fingerprint density at radius 3 is 2.57 bits per heavy atom. The lowest BCUT2D eigenvalue weighted by molar-refractivity contribution is -0.147. The Kier molecular flexibility index (Phi) is 7.15. The predicted octanol–water partition coefficient (Wildman–Crippen LogP) is 5.38. The van der Waals surface area contributed by atoms with Gasteiger partial charge in [0.1, 0.15) is 10.6 Å². The maximum atomic E-state index is 13.0. The largest absolute Gasteiger partial charge is 0.481 e. The van der Waals surface area contributed by atoms with Crippen LogP contribution in [0.5, 0.6) is 0 Å². The summed E-state index contributed by atoms with van der Waals surface area (Å²) in [7, 11) is 0. The van der Waals surface area contributed by atoms with Gasteiger partial charge in [0.2, 0.25) is 5.91 Å². The van der Waals surface area contributed by atoms with Crippen LogP contribution >= 0.6 is 22.9 Å². The number of hydrogen-bond acceptors (Lipinski definition) is 5. The number of carboxylic acids is 1. The van der Waals surface area contributed by atoms with Crippen molar-refractivity contribution in [2.75, 3.05) is 11.9 Å². The van der Waals surface area contributed by atoms with Crippen molar-refractivity contribution < 1.29 is 24.2 Å². The van der Waals surface area contributed by atoms with E-state index in [0.29, 0.717) is 28.4 Å². The van der Waals surface area contributed by atoms with Crippen LogP contribution in [0.1, 0.15) is 47.8 Å². The van der Waals surface area contributed by atoms with Crippen molar-refractivity contribution in [1.82, 2.24) is 0 Å². The van der Waals surface area contributed by atoms with Crippen LogP contribution in [-0.2, 0) is 14.3 Å². The van der Waals surface area contributed by atoms with Crippen molar-refractivity contribution >= 4 is 45.8 Å². The van der Waals surface area contributed by atoms with Gasteiger partial charge in [-0.25, -0.2) is 4.79 Å². The van der Waals surface area contributed by atoms with Crippen molar-refractivity contribution in [1.29, 1.82) is 0 Å². The van der Waals surface area contributed by atoms with Crippen LogP contribution in [0.4, 0.5) is 5.00 Å². The van der Waals surface area contributed by atoms with E-state index in [4.69, 9.17) is 16.3 Å². The number of amides is 1. The van der Waals surface area contributed by atoms with Gasteiger partial charge in [0.25, 0.3) is 0 Å². The number of halogens is 1. The van der Waals surface area contributed by atoms with Crippen LogP contribution in [0.3, 0.4) is 0 Å². The van der Waals surface area contributed by atoms with Crippen LogP contribution < -0.4 is 5.32 Å². The molecule has 0 spiro atoms. The van der Waals surface area contributed by atoms with E-state index in [1.807, 2.05) is 13.0 Å². The lowest BCUT2D eigenvalue weighted by Gasteiger charge is -2.27. The minimum atomic E-state index is -0.956. The Balaban J connectivity index is 2.00. The third-order valence-corrected chi connectivity index (χ3v) is 6.59. The van der Waals surface area contributed by atoms with Gasteiger partial charge in [0, 0.05) is 15.5 Å². The first-order valence-corrected chi connectivity index (χ1v) is 11.1. The van der Waals surface area contributed by atoms with E-state index in [2.05, 4.69) is 5.32 Å². The molecule has 1 aliphatic rings. The maximum absolute atomic E-state index is 13.0. The lowest BCUT2D eigenvalue weighted by Crippen LogP contribution is -2.36. The average Bonchev–Trinajstić information content (AvgIpc) is 3.03. The molecule has 0 bridgehead atoms.